The lowest BCUT2D eigenvalue weighted by molar-refractivity contribution is -0.135. The zero-order valence-corrected chi connectivity index (χ0v) is 54.9. The van der Waals surface area contributed by atoms with E-state index >= 15 is 14.4 Å². The summed E-state index contributed by atoms with van der Waals surface area (Å²) in [6.07, 6.45) is 14.6. The lowest BCUT2D eigenvalue weighted by Gasteiger charge is -2.28. The van der Waals surface area contributed by atoms with Crippen molar-refractivity contribution >= 4 is 97.8 Å². The Morgan fingerprint density at radius 1 is 0.396 bits per heavy atom. The second-order valence-electron chi connectivity index (χ2n) is 24.1. The van der Waals surface area contributed by atoms with E-state index in [0.717, 1.165) is 58.4 Å². The van der Waals surface area contributed by atoms with E-state index in [1.54, 1.807) is 18.6 Å². The molecule has 0 aliphatic carbocycles. The van der Waals surface area contributed by atoms with Crippen LogP contribution in [0.25, 0.3) is 32.7 Å². The SMILES string of the molecule is CCCCCCCCCC(=O)NCCCC[C@H](NC(=O)[C@@H](Cc1c[nH]c2ccccc12)NC(=O)[C@H](CCCN=C(N)N)NC(=O)[C@H](Cc1c[nH]c2ccccc12)NC(=O)[C@H](CCCN=C(N)N)NC(=O)[C@H](Cc1c[nH]c2ccccc12)NC(=O)[C@H](N)CCCN=C(N)N)C(N)=O. The molecule has 96 heavy (non-hydrogen) atoms. The number of unbranched alkanes of at least 4 members (excludes halogenated alkanes) is 7. The molecule has 3 aromatic carbocycles. The van der Waals surface area contributed by atoms with Crippen LogP contribution >= 0.6 is 0 Å². The summed E-state index contributed by atoms with van der Waals surface area (Å²) in [5.41, 5.74) is 50.1. The lowest BCUT2D eigenvalue weighted by Crippen LogP contribution is -2.60. The van der Waals surface area contributed by atoms with Gasteiger partial charge in [0.1, 0.15) is 36.3 Å². The molecule has 0 bridgehead atoms. The first-order valence-corrected chi connectivity index (χ1v) is 33.2. The molecule has 0 saturated heterocycles. The summed E-state index contributed by atoms with van der Waals surface area (Å²) in [4.78, 5) is 136. The summed E-state index contributed by atoms with van der Waals surface area (Å²) in [5.74, 6) is -6.02. The van der Waals surface area contributed by atoms with Gasteiger partial charge in [-0.1, -0.05) is 100 Å². The number of guanidine groups is 3. The normalized spacial score (nSPS) is 13.4. The van der Waals surface area contributed by atoms with Crippen LogP contribution in [-0.4, -0.2) is 149 Å². The number of aliphatic imine (C=N–C) groups is 3. The quantitative estimate of drug-likeness (QED) is 0.0146. The Kier molecular flexibility index (Phi) is 30.8. The molecule has 0 unspecified atom stereocenters. The molecule has 6 rings (SSSR count). The third-order valence-corrected chi connectivity index (χ3v) is 16.6. The van der Waals surface area contributed by atoms with E-state index in [4.69, 9.17) is 45.9 Å². The zero-order valence-electron chi connectivity index (χ0n) is 54.9. The molecule has 7 atom stereocenters. The second-order valence-corrected chi connectivity index (χ2v) is 24.1. The van der Waals surface area contributed by atoms with Crippen molar-refractivity contribution in [2.24, 2.45) is 60.8 Å². The van der Waals surface area contributed by atoms with Crippen molar-refractivity contribution in [2.45, 2.75) is 178 Å². The molecule has 29 heteroatoms. The van der Waals surface area contributed by atoms with E-state index in [2.05, 4.69) is 74.1 Å². The zero-order chi connectivity index (χ0) is 69.4. The number of amides is 8. The number of nitrogens with zero attached hydrogens (tertiary/aromatic N) is 3. The number of aromatic amines is 3. The number of carbonyl (C=O) groups excluding carboxylic acids is 8. The number of H-pyrrole nitrogens is 3. The molecular formula is C67H99N21O8. The second kappa shape index (κ2) is 39.5. The van der Waals surface area contributed by atoms with Crippen LogP contribution in [0.3, 0.4) is 0 Å². The summed E-state index contributed by atoms with van der Waals surface area (Å²) < 4.78 is 0. The number of hydrogen-bond acceptors (Lipinski definition) is 12. The molecule has 520 valence electrons. The highest BCUT2D eigenvalue weighted by Gasteiger charge is 2.35. The average Bonchev–Trinajstić information content (AvgIpc) is 1.65. The van der Waals surface area contributed by atoms with Gasteiger partial charge in [0.05, 0.1) is 6.04 Å². The van der Waals surface area contributed by atoms with E-state index in [9.17, 15) is 24.0 Å². The Balaban J connectivity index is 1.27. The van der Waals surface area contributed by atoms with Crippen molar-refractivity contribution in [3.63, 3.8) is 0 Å². The fourth-order valence-corrected chi connectivity index (χ4v) is 11.3. The predicted molar refractivity (Wildman–Crippen MR) is 374 cm³/mol. The number of aromatic nitrogens is 3. The van der Waals surface area contributed by atoms with Gasteiger partial charge in [-0.25, -0.2) is 0 Å². The van der Waals surface area contributed by atoms with E-state index in [1.165, 1.54) is 19.3 Å². The Morgan fingerprint density at radius 3 is 1.15 bits per heavy atom. The van der Waals surface area contributed by atoms with Gasteiger partial charge in [0.2, 0.25) is 47.3 Å². The summed E-state index contributed by atoms with van der Waals surface area (Å²) >= 11 is 0. The third-order valence-electron chi connectivity index (χ3n) is 16.6. The van der Waals surface area contributed by atoms with Gasteiger partial charge in [-0.2, -0.15) is 0 Å². The Morgan fingerprint density at radius 2 is 0.740 bits per heavy atom. The minimum Gasteiger partial charge on any atom is -0.370 e. The molecular weight excluding hydrogens is 1230 g/mol. The van der Waals surface area contributed by atoms with Gasteiger partial charge < -0.3 is 98.0 Å². The van der Waals surface area contributed by atoms with Gasteiger partial charge in [0, 0.05) is 103 Å². The maximum atomic E-state index is 15.3. The average molecular weight is 1330 g/mol. The summed E-state index contributed by atoms with van der Waals surface area (Å²) in [5, 5.41) is 22.2. The topological polar surface area (TPSA) is 513 Å². The van der Waals surface area contributed by atoms with Crippen LogP contribution in [0.15, 0.2) is 106 Å². The summed E-state index contributed by atoms with van der Waals surface area (Å²) in [6, 6.07) is 12.9. The smallest absolute Gasteiger partial charge is 0.243 e. The van der Waals surface area contributed by atoms with Crippen molar-refractivity contribution < 1.29 is 38.4 Å². The third kappa shape index (κ3) is 24.9. The first-order valence-electron chi connectivity index (χ1n) is 33.2. The van der Waals surface area contributed by atoms with Gasteiger partial charge in [-0.15, -0.1) is 0 Å². The van der Waals surface area contributed by atoms with Gasteiger partial charge in [-0.3, -0.25) is 53.3 Å². The number of para-hydroxylation sites is 3. The van der Waals surface area contributed by atoms with Gasteiger partial charge in [-0.05, 0) is 99.1 Å². The van der Waals surface area contributed by atoms with Gasteiger partial charge in [0.15, 0.2) is 17.9 Å². The number of nitrogens with one attached hydrogen (secondary N) is 10. The highest BCUT2D eigenvalue weighted by Crippen LogP contribution is 2.23. The lowest BCUT2D eigenvalue weighted by atomic mass is 10.0. The summed E-state index contributed by atoms with van der Waals surface area (Å²) in [7, 11) is 0. The molecule has 0 saturated carbocycles. The Labute approximate surface area is 558 Å². The van der Waals surface area contributed by atoms with Crippen LogP contribution in [0.5, 0.6) is 0 Å². The Bertz CT molecular complexity index is 3600. The van der Waals surface area contributed by atoms with Gasteiger partial charge >= 0.3 is 0 Å². The molecule has 0 spiro atoms. The molecule has 0 fully saturated rings. The van der Waals surface area contributed by atoms with E-state index < -0.39 is 83.6 Å². The van der Waals surface area contributed by atoms with Crippen molar-refractivity contribution in [2.75, 3.05) is 26.2 Å². The van der Waals surface area contributed by atoms with Crippen LogP contribution in [0.4, 0.5) is 0 Å². The van der Waals surface area contributed by atoms with Gasteiger partial charge in [0.25, 0.3) is 0 Å². The molecule has 0 radical (unpaired) electrons. The molecule has 6 aromatic rings. The molecule has 0 aliphatic rings. The van der Waals surface area contributed by atoms with Crippen LogP contribution < -0.4 is 83.1 Å². The number of carbonyl (C=O) groups is 8. The maximum Gasteiger partial charge on any atom is 0.243 e. The maximum absolute atomic E-state index is 15.3. The monoisotopic (exact) mass is 1330 g/mol. The number of nitrogens with two attached hydrogens (primary N) is 8. The predicted octanol–water partition coefficient (Wildman–Crippen LogP) is 1.47. The van der Waals surface area contributed by atoms with E-state index in [0.29, 0.717) is 48.9 Å². The van der Waals surface area contributed by atoms with Crippen LogP contribution in [0.2, 0.25) is 0 Å². The molecule has 3 aromatic heterocycles. The van der Waals surface area contributed by atoms with Crippen LogP contribution in [0, 0.1) is 0 Å². The van der Waals surface area contributed by atoms with Crippen molar-refractivity contribution in [3.05, 3.63) is 108 Å². The van der Waals surface area contributed by atoms with E-state index in [-0.39, 0.29) is 101 Å². The minimum atomic E-state index is -1.46. The first kappa shape index (κ1) is 74.8. The first-order chi connectivity index (χ1) is 46.2. The molecule has 29 nitrogen and oxygen atoms in total. The standard InChI is InChI=1S/C67H99N21O8/c1-2-3-4-5-6-7-8-30-57(89)76-31-16-15-27-51(58(69)90)83-62(94)55(36-42-39-81-49-25-13-10-21-45(42)49)87-60(92)53(29-19-34-79-67(74)75)85-64(96)56(37-43-40-82-50-26-14-11-22-46(43)50)88-61(93)52(28-18-33-78-66(72)73)84-63(95)54(35-41-38-80-48-24-12-9-20-44(41)48)86-59(91)47(68)23-17-32-77-65(70)71/h9-14,20-22,24-26,38-40,47,51-56,80-82H,2-8,15-19,23,27-37,68H2,1H3,(H2,69,90)(H,76,89)(H,83,94)(H,84,95)(H,85,96)(H,86,91)(H,87,92)(H,88,93)(H4,70,71,77)(H4,72,73,78)(H4,74,75,79)/t47-,51+,52+,53+,54+,55-,56+/m1/s1. The number of primary amides is 1. The van der Waals surface area contributed by atoms with E-state index in [1.807, 2.05) is 72.8 Å². The highest BCUT2D eigenvalue weighted by molar-refractivity contribution is 5.99. The van der Waals surface area contributed by atoms with Crippen molar-refractivity contribution in [3.8, 4) is 0 Å². The minimum absolute atomic E-state index is 0.0360. The fourth-order valence-electron chi connectivity index (χ4n) is 11.3. The molecule has 26 N–H and O–H groups in total. The van der Waals surface area contributed by atoms with Crippen LogP contribution in [0.1, 0.15) is 133 Å². The summed E-state index contributed by atoms with van der Waals surface area (Å²) in [6.45, 7) is 2.83. The molecule has 0 aliphatic heterocycles. The number of fused-ring (bicyclic) bond motifs is 3. The van der Waals surface area contributed by atoms with Crippen molar-refractivity contribution in [1.29, 1.82) is 0 Å². The van der Waals surface area contributed by atoms with Crippen molar-refractivity contribution in [1.82, 2.24) is 52.2 Å². The molecule has 3 heterocycles. The Hall–Kier alpha value is -10.2. The number of hydrogen-bond donors (Lipinski definition) is 18. The largest absolute Gasteiger partial charge is 0.370 e. The fraction of sp³-hybridized carbons (Fsp3) is 0.478. The number of rotatable bonds is 44. The molecule has 8 amide bonds. The highest BCUT2D eigenvalue weighted by atomic mass is 16.2. The van der Waals surface area contributed by atoms with Crippen LogP contribution in [-0.2, 0) is 57.6 Å². The number of benzene rings is 3.